The molecule has 0 saturated carbocycles. The third-order valence-electron chi connectivity index (χ3n) is 12.9. The Morgan fingerprint density at radius 1 is 0.238 bits per heavy atom. The lowest BCUT2D eigenvalue weighted by atomic mass is 9.84. The van der Waals surface area contributed by atoms with Crippen molar-refractivity contribution in [2.75, 3.05) is 0 Å². The number of alkyl halides is 36. The van der Waals surface area contributed by atoms with Crippen molar-refractivity contribution in [2.45, 2.75) is 173 Å². The Bertz CT molecular complexity index is 3600. The van der Waals surface area contributed by atoms with E-state index in [1.165, 1.54) is 13.8 Å². The largest absolute Gasteiger partial charge is 0.430 e. The number of rotatable bonds is 6. The average molecular weight is 1610 g/mol. The van der Waals surface area contributed by atoms with Crippen LogP contribution < -0.4 is 0 Å². The molecule has 4 aromatic rings. The molecule has 105 heavy (non-hydrogen) atoms. The summed E-state index contributed by atoms with van der Waals surface area (Å²) in [5, 5.41) is 74.7. The topological polar surface area (TPSA) is 162 Å². The minimum atomic E-state index is -6.67. The Hall–Kier alpha value is -7.50. The van der Waals surface area contributed by atoms with Crippen LogP contribution in [0.25, 0.3) is 0 Å². The van der Waals surface area contributed by atoms with Crippen LogP contribution >= 0.6 is 0 Å². The van der Waals surface area contributed by atoms with E-state index in [0.717, 1.165) is 45.0 Å². The average Bonchev–Trinajstić information content (AvgIpc) is 0.733. The summed E-state index contributed by atoms with van der Waals surface area (Å²) in [4.78, 5) is 0. The highest BCUT2D eigenvalue weighted by Crippen LogP contribution is 2.58. The molecule has 0 bridgehead atoms. The van der Waals surface area contributed by atoms with E-state index in [1.54, 1.807) is 17.8 Å². The van der Waals surface area contributed by atoms with Crippen LogP contribution in [0.15, 0.2) is 84.9 Å². The van der Waals surface area contributed by atoms with Gasteiger partial charge in [0.05, 0.1) is 0 Å². The molecule has 0 aliphatic rings. The minimum absolute atomic E-state index is 0.0950. The molecule has 4 rings (SSSR count). The van der Waals surface area contributed by atoms with Crippen LogP contribution in [-0.2, 0) is 33.6 Å². The zero-order valence-electron chi connectivity index (χ0n) is 52.8. The molecule has 0 aliphatic carbocycles. The van der Waals surface area contributed by atoms with Gasteiger partial charge in [0.25, 0.3) is 33.6 Å². The molecule has 0 spiro atoms. The van der Waals surface area contributed by atoms with Crippen molar-refractivity contribution in [2.24, 2.45) is 0 Å². The van der Waals surface area contributed by atoms with E-state index in [4.69, 9.17) is 0 Å². The smallest absolute Gasteiger partial charge is 0.378 e. The van der Waals surface area contributed by atoms with Crippen molar-refractivity contribution in [3.05, 3.63) is 141 Å². The first-order valence-electron chi connectivity index (χ1n) is 26.9. The second-order valence-corrected chi connectivity index (χ2v) is 28.2. The quantitative estimate of drug-likeness (QED) is 0.0538. The molecule has 0 radical (unpaired) electrons. The number of halogens is 36. The minimum Gasteiger partial charge on any atom is -0.378 e. The van der Waals surface area contributed by atoms with Gasteiger partial charge in [0, 0.05) is 55.6 Å². The Kier molecular flexibility index (Phi) is 27.5. The zero-order valence-corrected chi connectivity index (χ0v) is 53.8. The summed E-state index contributed by atoms with van der Waals surface area (Å²) in [6.07, 6.45) is -76.7. The van der Waals surface area contributed by atoms with E-state index < -0.39 is 184 Å². The van der Waals surface area contributed by atoms with Crippen LogP contribution in [-0.4, -0.2) is 134 Å². The molecular formula is C60H46F36O8Si. The van der Waals surface area contributed by atoms with Gasteiger partial charge in [-0.25, -0.2) is 0 Å². The molecule has 590 valence electrons. The second kappa shape index (κ2) is 30.3. The van der Waals surface area contributed by atoms with Gasteiger partial charge in [-0.15, -0.1) is 11.5 Å². The van der Waals surface area contributed by atoms with E-state index in [-0.39, 0.29) is 35.4 Å². The summed E-state index contributed by atoms with van der Waals surface area (Å²) < 4.78 is 466. The summed E-state index contributed by atoms with van der Waals surface area (Å²) in [6.45, 7) is 11.3. The zero-order chi connectivity index (χ0) is 83.8. The summed E-state index contributed by atoms with van der Waals surface area (Å²) >= 11 is 0. The molecule has 0 atom stereocenters. The second-order valence-electron chi connectivity index (χ2n) is 23.5. The van der Waals surface area contributed by atoms with Gasteiger partial charge in [0.15, 0.2) is 0 Å². The maximum atomic E-state index is 13.1. The predicted octanol–water partition coefficient (Wildman–Crippen LogP) is 16.5. The predicted molar refractivity (Wildman–Crippen MR) is 291 cm³/mol. The van der Waals surface area contributed by atoms with E-state index >= 15 is 0 Å². The van der Waals surface area contributed by atoms with Crippen LogP contribution in [0.5, 0.6) is 0 Å². The van der Waals surface area contributed by atoms with Gasteiger partial charge in [0.2, 0.25) is 0 Å². The standard InChI is InChI=1S/C17H12F12O3.C15H8F12O2.C14H12F6O2.C14H14F6OSi/c1-11(2,30)4-3-8-5-9(12(31,14(18,19)20)15(21,22)23)7-10(6-8)13(32,16(24,25)26)17(27,28)29;1-2-3-7-4-8(10(28,12(16,17)18)13(19,20)21)6-9(5-7)11(29,14(22,23)24)15(25,26)27;1-11(2,21)8-7-9-3-5-10(6-4-9)12(22,13(15,16)17)14(18,19)20;1-22(2,3)9-8-10-4-6-11(7-5-10)12(21,13(15,16)17)14(18,19)20/h5-7,30-32H,1-2H3;4-6,28-29H,1H3;3-6,21-22H,1-2H3;4-7,21H,1-3H3. The molecule has 8 N–H and O–H groups in total. The van der Waals surface area contributed by atoms with Crippen LogP contribution in [0, 0.1) is 47.0 Å². The molecule has 0 saturated heterocycles. The molecule has 0 aliphatic heterocycles. The van der Waals surface area contributed by atoms with Gasteiger partial charge in [-0.2, -0.15) is 158 Å². The van der Waals surface area contributed by atoms with Crippen molar-refractivity contribution in [1.29, 1.82) is 0 Å². The lowest BCUT2D eigenvalue weighted by Gasteiger charge is -2.36. The van der Waals surface area contributed by atoms with Crippen LogP contribution in [0.1, 0.15) is 90.3 Å². The van der Waals surface area contributed by atoms with Crippen molar-refractivity contribution in [3.63, 3.8) is 0 Å². The molecule has 0 amide bonds. The Morgan fingerprint density at radius 2 is 0.410 bits per heavy atom. The molecule has 45 heteroatoms. The highest BCUT2D eigenvalue weighted by Gasteiger charge is 2.77. The lowest BCUT2D eigenvalue weighted by Crippen LogP contribution is -2.55. The molecule has 0 aromatic heterocycles. The van der Waals surface area contributed by atoms with Crippen molar-refractivity contribution in [1.82, 2.24) is 0 Å². The normalized spacial score (nSPS) is 14.2. The summed E-state index contributed by atoms with van der Waals surface area (Å²) in [7, 11) is -1.72. The van der Waals surface area contributed by atoms with Crippen molar-refractivity contribution >= 4 is 8.07 Å². The first kappa shape index (κ1) is 95.5. The van der Waals surface area contributed by atoms with E-state index in [9.17, 15) is 199 Å². The van der Waals surface area contributed by atoms with E-state index in [0.29, 0.717) is 24.3 Å². The van der Waals surface area contributed by atoms with Gasteiger partial charge < -0.3 is 40.9 Å². The molecular weight excluding hydrogens is 1560 g/mol. The summed E-state index contributed by atoms with van der Waals surface area (Å²) in [5.41, 5.74) is -48.6. The van der Waals surface area contributed by atoms with Crippen LogP contribution in [0.4, 0.5) is 158 Å². The van der Waals surface area contributed by atoms with Gasteiger partial charge in [0.1, 0.15) is 19.3 Å². The molecule has 0 heterocycles. The number of benzene rings is 4. The Balaban J connectivity index is 0.000000709. The van der Waals surface area contributed by atoms with Crippen molar-refractivity contribution in [3.8, 4) is 47.0 Å². The fourth-order valence-electron chi connectivity index (χ4n) is 7.61. The molecule has 8 nitrogen and oxygen atoms in total. The maximum Gasteiger partial charge on any atom is 0.430 e. The first-order valence-corrected chi connectivity index (χ1v) is 30.4. The van der Waals surface area contributed by atoms with Crippen LogP contribution in [0.2, 0.25) is 19.6 Å². The van der Waals surface area contributed by atoms with Crippen molar-refractivity contribution < 1.29 is 199 Å². The first-order chi connectivity index (χ1) is 45.8. The van der Waals surface area contributed by atoms with Gasteiger partial charge in [-0.1, -0.05) is 79.4 Å². The number of hydrogen-bond donors (Lipinski definition) is 8. The fraction of sp³-hybridized carbons (Fsp3) is 0.467. The third-order valence-corrected chi connectivity index (χ3v) is 13.8. The van der Waals surface area contributed by atoms with Gasteiger partial charge in [-0.05, 0) is 95.3 Å². The van der Waals surface area contributed by atoms with Gasteiger partial charge in [-0.3, -0.25) is 0 Å². The highest BCUT2D eigenvalue weighted by atomic mass is 28.3. The lowest BCUT2D eigenvalue weighted by molar-refractivity contribution is -0.379. The highest BCUT2D eigenvalue weighted by molar-refractivity contribution is 6.83. The molecule has 4 aromatic carbocycles. The monoisotopic (exact) mass is 1610 g/mol. The summed E-state index contributed by atoms with van der Waals surface area (Å²) in [6, 6.07) is 3.34. The third kappa shape index (κ3) is 21.2. The maximum absolute atomic E-state index is 13.1. The van der Waals surface area contributed by atoms with E-state index in [2.05, 4.69) is 23.3 Å². The van der Waals surface area contributed by atoms with E-state index in [1.807, 2.05) is 25.6 Å². The molecule has 0 unspecified atom stereocenters. The Morgan fingerprint density at radius 3 is 0.581 bits per heavy atom. The number of aliphatic hydroxyl groups is 8. The molecule has 0 fully saturated rings. The Labute approximate surface area is 566 Å². The van der Waals surface area contributed by atoms with Crippen LogP contribution in [0.3, 0.4) is 0 Å². The fourth-order valence-corrected chi connectivity index (χ4v) is 8.13. The summed E-state index contributed by atoms with van der Waals surface area (Å²) in [5.74, 6) is 14.4. The van der Waals surface area contributed by atoms with Gasteiger partial charge >= 0.3 is 74.1 Å². The SMILES string of the molecule is CC#Cc1cc(C(O)(C(F)(F)F)C(F)(F)F)cc(C(O)(C(F)(F)F)C(F)(F)F)c1.CC(C)(O)C#Cc1cc(C(O)(C(F)(F)F)C(F)(F)F)cc(C(O)(C(F)(F)F)C(F)(F)F)c1.CC(C)(O)C#Cc1ccc(C(O)(C(F)(F)F)C(F)(F)F)cc1.C[Si](C)(C)C#Cc1ccc(C(O)(C(F)(F)F)C(F)(F)F)cc1. The number of hydrogen-bond acceptors (Lipinski definition) is 8.